The van der Waals surface area contributed by atoms with Crippen LogP contribution in [-0.2, 0) is 0 Å². The molecule has 4 rings (SSSR count). The molecule has 1 aliphatic heterocycles. The third-order valence-electron chi connectivity index (χ3n) is 4.60. The fraction of sp³-hybridized carbons (Fsp3) is 0.353. The van der Waals surface area contributed by atoms with Gasteiger partial charge in [0.25, 0.3) is 11.3 Å². The molecule has 124 valence electrons. The van der Waals surface area contributed by atoms with Crippen molar-refractivity contribution in [3.05, 3.63) is 56.7 Å². The summed E-state index contributed by atoms with van der Waals surface area (Å²) < 4.78 is 1.42. The van der Waals surface area contributed by atoms with E-state index in [-0.39, 0.29) is 5.56 Å². The highest BCUT2D eigenvalue weighted by molar-refractivity contribution is 6.30. The zero-order valence-electron chi connectivity index (χ0n) is 13.6. The van der Waals surface area contributed by atoms with Crippen LogP contribution in [0.1, 0.15) is 29.4 Å². The molecular weight excluding hydrogens is 326 g/mol. The van der Waals surface area contributed by atoms with Crippen LogP contribution in [0.4, 0.5) is 5.69 Å². The average molecular weight is 344 g/mol. The number of hydrogen-bond donors (Lipinski definition) is 1. The Kier molecular flexibility index (Phi) is 3.57. The number of aryl methyl sites for hydroxylation is 2. The van der Waals surface area contributed by atoms with Gasteiger partial charge in [-0.3, -0.25) is 9.89 Å². The fourth-order valence-corrected chi connectivity index (χ4v) is 3.58. The highest BCUT2D eigenvalue weighted by atomic mass is 35.5. The summed E-state index contributed by atoms with van der Waals surface area (Å²) in [6.45, 7) is 5.33. The molecule has 0 amide bonds. The molecule has 1 saturated heterocycles. The van der Waals surface area contributed by atoms with Gasteiger partial charge < -0.3 is 4.90 Å². The minimum atomic E-state index is -0.0881. The number of nitrogens with one attached hydrogen (secondary N) is 1. The number of nitrogens with zero attached hydrogens (tertiary/aromatic N) is 4. The van der Waals surface area contributed by atoms with Crippen molar-refractivity contribution >= 4 is 23.1 Å². The van der Waals surface area contributed by atoms with Crippen LogP contribution in [-0.4, -0.2) is 32.7 Å². The largest absolute Gasteiger partial charge is 0.365 e. The Morgan fingerprint density at radius 3 is 2.71 bits per heavy atom. The third-order valence-corrected chi connectivity index (χ3v) is 4.86. The van der Waals surface area contributed by atoms with Gasteiger partial charge in [-0.2, -0.15) is 9.50 Å². The summed E-state index contributed by atoms with van der Waals surface area (Å²) in [6.07, 6.45) is 1.01. The number of anilines is 1. The van der Waals surface area contributed by atoms with E-state index in [2.05, 4.69) is 32.1 Å². The maximum atomic E-state index is 12.8. The van der Waals surface area contributed by atoms with E-state index in [0.717, 1.165) is 30.2 Å². The Balaban J connectivity index is 1.69. The first-order chi connectivity index (χ1) is 11.5. The molecule has 0 radical (unpaired) electrons. The molecule has 7 heteroatoms. The van der Waals surface area contributed by atoms with E-state index in [4.69, 9.17) is 11.6 Å². The molecule has 3 heterocycles. The lowest BCUT2D eigenvalue weighted by Crippen LogP contribution is -2.30. The van der Waals surface area contributed by atoms with Crippen molar-refractivity contribution in [2.24, 2.45) is 0 Å². The van der Waals surface area contributed by atoms with Crippen LogP contribution in [0.3, 0.4) is 0 Å². The van der Waals surface area contributed by atoms with E-state index in [1.54, 1.807) is 0 Å². The molecule has 1 unspecified atom stereocenters. The maximum Gasteiger partial charge on any atom is 0.297 e. The van der Waals surface area contributed by atoms with Gasteiger partial charge in [-0.05, 0) is 38.0 Å². The molecule has 1 fully saturated rings. The van der Waals surface area contributed by atoms with Crippen molar-refractivity contribution in [2.45, 2.75) is 26.2 Å². The van der Waals surface area contributed by atoms with Crippen LogP contribution in [0, 0.1) is 13.8 Å². The molecule has 24 heavy (non-hydrogen) atoms. The Bertz CT molecular complexity index is 960. The summed E-state index contributed by atoms with van der Waals surface area (Å²) in [5.74, 6) is 1.49. The molecule has 6 nitrogen and oxygen atoms in total. The second-order valence-electron chi connectivity index (χ2n) is 6.28. The van der Waals surface area contributed by atoms with Crippen LogP contribution >= 0.6 is 11.6 Å². The van der Waals surface area contributed by atoms with Crippen molar-refractivity contribution in [1.29, 1.82) is 0 Å². The fourth-order valence-electron chi connectivity index (χ4n) is 3.45. The second-order valence-corrected chi connectivity index (χ2v) is 6.72. The topological polar surface area (TPSA) is 66.3 Å². The number of aromatic amines is 1. The van der Waals surface area contributed by atoms with Crippen LogP contribution in [0.5, 0.6) is 0 Å². The zero-order chi connectivity index (χ0) is 16.8. The summed E-state index contributed by atoms with van der Waals surface area (Å²) in [6, 6.07) is 7.97. The zero-order valence-corrected chi connectivity index (χ0v) is 14.3. The summed E-state index contributed by atoms with van der Waals surface area (Å²) in [5.41, 5.74) is 2.55. The number of hydrogen-bond acceptors (Lipinski definition) is 4. The second kappa shape index (κ2) is 5.63. The standard InChI is InChI=1S/C17H18ClN5O/c1-10-15(16(24)23-17(19-10)20-11(2)21-23)22-8-7-13(9-22)12-3-5-14(18)6-4-12/h3-6,13H,7-9H2,1-2H3,(H,19,20,21). The number of benzene rings is 1. The molecule has 0 saturated carbocycles. The van der Waals surface area contributed by atoms with Gasteiger partial charge in [0.15, 0.2) is 0 Å². The third kappa shape index (κ3) is 2.47. The maximum absolute atomic E-state index is 12.8. The number of aromatic nitrogens is 4. The average Bonchev–Trinajstić information content (AvgIpc) is 3.15. The summed E-state index contributed by atoms with van der Waals surface area (Å²) in [7, 11) is 0. The SMILES string of the molecule is Cc1nc2nc(C)c(N3CCC(c4ccc(Cl)cc4)C3)c(=O)n2[nH]1. The summed E-state index contributed by atoms with van der Waals surface area (Å²) in [4.78, 5) is 23.7. The molecule has 1 atom stereocenters. The van der Waals surface area contributed by atoms with Gasteiger partial charge in [-0.15, -0.1) is 0 Å². The van der Waals surface area contributed by atoms with E-state index in [1.807, 2.05) is 26.0 Å². The summed E-state index contributed by atoms with van der Waals surface area (Å²) in [5, 5.41) is 3.70. The van der Waals surface area contributed by atoms with Gasteiger partial charge in [-0.1, -0.05) is 23.7 Å². The van der Waals surface area contributed by atoms with Crippen LogP contribution < -0.4 is 10.5 Å². The van der Waals surface area contributed by atoms with Gasteiger partial charge in [0.2, 0.25) is 0 Å². The molecule has 1 aliphatic rings. The van der Waals surface area contributed by atoms with Gasteiger partial charge >= 0.3 is 0 Å². The lowest BCUT2D eigenvalue weighted by molar-refractivity contribution is 0.773. The van der Waals surface area contributed by atoms with Crippen LogP contribution in [0.15, 0.2) is 29.1 Å². The Morgan fingerprint density at radius 2 is 1.96 bits per heavy atom. The van der Waals surface area contributed by atoms with Crippen molar-refractivity contribution in [3.63, 3.8) is 0 Å². The van der Waals surface area contributed by atoms with Crippen LogP contribution in [0.2, 0.25) is 5.02 Å². The first-order valence-electron chi connectivity index (χ1n) is 7.99. The minimum absolute atomic E-state index is 0.0881. The molecule has 0 bridgehead atoms. The highest BCUT2D eigenvalue weighted by Gasteiger charge is 2.28. The van der Waals surface area contributed by atoms with E-state index < -0.39 is 0 Å². The van der Waals surface area contributed by atoms with Gasteiger partial charge in [-0.25, -0.2) is 4.98 Å². The number of halogens is 1. The van der Waals surface area contributed by atoms with E-state index >= 15 is 0 Å². The molecular formula is C17H18ClN5O. The van der Waals surface area contributed by atoms with Crippen molar-refractivity contribution in [1.82, 2.24) is 19.6 Å². The number of rotatable bonds is 2. The Morgan fingerprint density at radius 1 is 1.21 bits per heavy atom. The molecule has 0 aliphatic carbocycles. The molecule has 0 spiro atoms. The molecule has 2 aromatic heterocycles. The Labute approximate surface area is 144 Å². The lowest BCUT2D eigenvalue weighted by Gasteiger charge is -2.19. The monoisotopic (exact) mass is 343 g/mol. The lowest BCUT2D eigenvalue weighted by atomic mass is 9.99. The van der Waals surface area contributed by atoms with Gasteiger partial charge in [0, 0.05) is 24.0 Å². The van der Waals surface area contributed by atoms with E-state index in [1.165, 1.54) is 10.1 Å². The molecule has 1 aromatic carbocycles. The predicted molar refractivity (Wildman–Crippen MR) is 94.1 cm³/mol. The van der Waals surface area contributed by atoms with Gasteiger partial charge in [0.05, 0.1) is 5.69 Å². The van der Waals surface area contributed by atoms with E-state index in [9.17, 15) is 4.79 Å². The number of H-pyrrole nitrogens is 1. The van der Waals surface area contributed by atoms with Crippen molar-refractivity contribution < 1.29 is 0 Å². The molecule has 1 N–H and O–H groups in total. The van der Waals surface area contributed by atoms with Gasteiger partial charge in [0.1, 0.15) is 11.5 Å². The van der Waals surface area contributed by atoms with Crippen LogP contribution in [0.25, 0.3) is 5.78 Å². The predicted octanol–water partition coefficient (Wildman–Crippen LogP) is 2.68. The first-order valence-corrected chi connectivity index (χ1v) is 8.37. The quantitative estimate of drug-likeness (QED) is 0.777. The van der Waals surface area contributed by atoms with Crippen molar-refractivity contribution in [2.75, 3.05) is 18.0 Å². The normalized spacial score (nSPS) is 17.8. The van der Waals surface area contributed by atoms with Crippen molar-refractivity contribution in [3.8, 4) is 0 Å². The highest BCUT2D eigenvalue weighted by Crippen LogP contribution is 2.31. The number of fused-ring (bicyclic) bond motifs is 1. The summed E-state index contributed by atoms with van der Waals surface area (Å²) >= 11 is 5.97. The smallest absolute Gasteiger partial charge is 0.297 e. The Hall–Kier alpha value is -2.34. The minimum Gasteiger partial charge on any atom is -0.365 e. The van der Waals surface area contributed by atoms with E-state index in [0.29, 0.717) is 23.2 Å². The molecule has 3 aromatic rings. The first kappa shape index (κ1) is 15.2.